The fraction of sp³-hybridized carbons (Fsp3) is 0.250. The minimum absolute atomic E-state index is 0.174. The highest BCUT2D eigenvalue weighted by molar-refractivity contribution is 7.15. The first kappa shape index (κ1) is 21.6. The van der Waals surface area contributed by atoms with E-state index in [1.54, 1.807) is 6.92 Å². The lowest BCUT2D eigenvalue weighted by Gasteiger charge is -2.10. The number of hydrogen-bond acceptors (Lipinski definition) is 5. The van der Waals surface area contributed by atoms with Gasteiger partial charge in [-0.05, 0) is 49.6 Å². The van der Waals surface area contributed by atoms with Crippen molar-refractivity contribution in [1.29, 1.82) is 0 Å². The van der Waals surface area contributed by atoms with Crippen molar-refractivity contribution in [3.8, 4) is 16.9 Å². The minimum Gasteiger partial charge on any atom is -0.493 e. The zero-order chi connectivity index (χ0) is 21.5. The lowest BCUT2D eigenvalue weighted by molar-refractivity contribution is -0.116. The smallest absolute Gasteiger partial charge is 0.341 e. The van der Waals surface area contributed by atoms with Gasteiger partial charge in [0.2, 0.25) is 5.91 Å². The van der Waals surface area contributed by atoms with Crippen LogP contribution >= 0.6 is 11.3 Å². The van der Waals surface area contributed by atoms with Crippen molar-refractivity contribution in [1.82, 2.24) is 0 Å². The predicted octanol–water partition coefficient (Wildman–Crippen LogP) is 5.62. The van der Waals surface area contributed by atoms with Gasteiger partial charge in [-0.1, -0.05) is 36.4 Å². The van der Waals surface area contributed by atoms with Crippen molar-refractivity contribution in [2.75, 3.05) is 18.5 Å². The van der Waals surface area contributed by atoms with E-state index in [0.717, 1.165) is 28.0 Å². The maximum Gasteiger partial charge on any atom is 0.341 e. The van der Waals surface area contributed by atoms with Crippen molar-refractivity contribution in [3.63, 3.8) is 0 Å². The summed E-state index contributed by atoms with van der Waals surface area (Å²) in [5.41, 5.74) is 4.26. The lowest BCUT2D eigenvalue weighted by Crippen LogP contribution is -2.17. The number of esters is 1. The van der Waals surface area contributed by atoms with Gasteiger partial charge in [-0.25, -0.2) is 4.79 Å². The zero-order valence-corrected chi connectivity index (χ0v) is 18.2. The number of anilines is 1. The molecule has 1 heterocycles. The van der Waals surface area contributed by atoms with E-state index in [0.29, 0.717) is 10.6 Å². The van der Waals surface area contributed by atoms with Gasteiger partial charge >= 0.3 is 5.97 Å². The Balaban J connectivity index is 1.70. The second-order valence-corrected chi connectivity index (χ2v) is 7.79. The fourth-order valence-electron chi connectivity index (χ4n) is 3.15. The molecular formula is C24H25NO4S. The van der Waals surface area contributed by atoms with Gasteiger partial charge in [0, 0.05) is 10.9 Å². The highest BCUT2D eigenvalue weighted by atomic mass is 32.1. The Bertz CT molecular complexity index is 1010. The molecule has 1 N–H and O–H groups in total. The van der Waals surface area contributed by atoms with Gasteiger partial charge in [0.15, 0.2) is 0 Å². The molecule has 0 saturated carbocycles. The third-order valence-electron chi connectivity index (χ3n) is 4.40. The molecule has 0 saturated heterocycles. The van der Waals surface area contributed by atoms with Crippen LogP contribution < -0.4 is 10.1 Å². The van der Waals surface area contributed by atoms with E-state index in [1.807, 2.05) is 61.7 Å². The summed E-state index contributed by atoms with van der Waals surface area (Å²) >= 11 is 1.31. The average Bonchev–Trinajstić information content (AvgIpc) is 3.11. The number of thiophene rings is 1. The lowest BCUT2D eigenvalue weighted by atomic mass is 10.0. The first-order valence-corrected chi connectivity index (χ1v) is 10.7. The Morgan fingerprint density at radius 1 is 1.03 bits per heavy atom. The molecule has 5 nitrogen and oxygen atoms in total. The molecule has 1 amide bonds. The van der Waals surface area contributed by atoms with Crippen LogP contribution in [0.25, 0.3) is 11.1 Å². The molecular weight excluding hydrogens is 398 g/mol. The zero-order valence-electron chi connectivity index (χ0n) is 17.4. The van der Waals surface area contributed by atoms with Crippen LogP contribution in [-0.4, -0.2) is 25.1 Å². The molecule has 6 heteroatoms. The third kappa shape index (κ3) is 5.48. The molecule has 2 aromatic carbocycles. The fourth-order valence-corrected chi connectivity index (χ4v) is 4.13. The van der Waals surface area contributed by atoms with Crippen molar-refractivity contribution in [2.24, 2.45) is 0 Å². The van der Waals surface area contributed by atoms with E-state index in [2.05, 4.69) is 11.4 Å². The summed E-state index contributed by atoms with van der Waals surface area (Å²) < 4.78 is 10.9. The summed E-state index contributed by atoms with van der Waals surface area (Å²) in [5, 5.41) is 5.20. The number of amides is 1. The van der Waals surface area contributed by atoms with Crippen LogP contribution in [0.5, 0.6) is 5.75 Å². The topological polar surface area (TPSA) is 64.6 Å². The minimum atomic E-state index is -0.445. The van der Waals surface area contributed by atoms with Crippen LogP contribution in [0.15, 0.2) is 53.9 Å². The molecule has 0 spiro atoms. The summed E-state index contributed by atoms with van der Waals surface area (Å²) in [4.78, 5) is 25.1. The first-order chi connectivity index (χ1) is 14.5. The number of carbonyl (C=O) groups is 2. The van der Waals surface area contributed by atoms with Crippen molar-refractivity contribution in [3.05, 3.63) is 70.6 Å². The standard InChI is InChI=1S/C24H25NO4S/c1-4-28-24(27)22-20(18-8-6-5-7-9-18)15-30-23(22)25-21(26)10-11-29-19-13-16(2)12-17(3)14-19/h5-9,12-15H,4,10-11H2,1-3H3,(H,25,26). The van der Waals surface area contributed by atoms with Crippen LogP contribution in [0.1, 0.15) is 34.8 Å². The average molecular weight is 424 g/mol. The number of hydrogen-bond donors (Lipinski definition) is 1. The number of carbonyl (C=O) groups excluding carboxylic acids is 2. The van der Waals surface area contributed by atoms with E-state index >= 15 is 0 Å². The van der Waals surface area contributed by atoms with E-state index in [4.69, 9.17) is 9.47 Å². The quantitative estimate of drug-likeness (QED) is 0.478. The van der Waals surface area contributed by atoms with E-state index in [9.17, 15) is 9.59 Å². The van der Waals surface area contributed by atoms with Crippen LogP contribution in [0.4, 0.5) is 5.00 Å². The second-order valence-electron chi connectivity index (χ2n) is 6.91. The monoisotopic (exact) mass is 423 g/mol. The number of rotatable bonds is 8. The Morgan fingerprint density at radius 2 is 1.73 bits per heavy atom. The SMILES string of the molecule is CCOC(=O)c1c(-c2ccccc2)csc1NC(=O)CCOc1cc(C)cc(C)c1. The molecule has 1 aromatic heterocycles. The number of nitrogens with one attached hydrogen (secondary N) is 1. The van der Waals surface area contributed by atoms with Gasteiger partial charge in [-0.3, -0.25) is 4.79 Å². The molecule has 3 rings (SSSR count). The van der Waals surface area contributed by atoms with Gasteiger partial charge in [-0.2, -0.15) is 0 Å². The number of benzene rings is 2. The van der Waals surface area contributed by atoms with Crippen LogP contribution in [0.3, 0.4) is 0 Å². The predicted molar refractivity (Wildman–Crippen MR) is 120 cm³/mol. The Morgan fingerprint density at radius 3 is 2.40 bits per heavy atom. The summed E-state index contributed by atoms with van der Waals surface area (Å²) in [6, 6.07) is 15.5. The van der Waals surface area contributed by atoms with Crippen molar-refractivity contribution in [2.45, 2.75) is 27.2 Å². The number of aryl methyl sites for hydroxylation is 2. The van der Waals surface area contributed by atoms with Gasteiger partial charge in [-0.15, -0.1) is 11.3 Å². The van der Waals surface area contributed by atoms with Crippen LogP contribution in [-0.2, 0) is 9.53 Å². The van der Waals surface area contributed by atoms with Gasteiger partial charge in [0.25, 0.3) is 0 Å². The Hall–Kier alpha value is -3.12. The highest BCUT2D eigenvalue weighted by Gasteiger charge is 2.22. The summed E-state index contributed by atoms with van der Waals surface area (Å²) in [7, 11) is 0. The summed E-state index contributed by atoms with van der Waals surface area (Å²) in [6.45, 7) is 6.28. The highest BCUT2D eigenvalue weighted by Crippen LogP contribution is 2.36. The normalized spacial score (nSPS) is 10.5. The first-order valence-electron chi connectivity index (χ1n) is 9.83. The molecule has 30 heavy (non-hydrogen) atoms. The second kappa shape index (κ2) is 10.1. The molecule has 0 fully saturated rings. The van der Waals surface area contributed by atoms with E-state index < -0.39 is 5.97 Å². The maximum absolute atomic E-state index is 12.6. The molecule has 0 aliphatic heterocycles. The summed E-state index contributed by atoms with van der Waals surface area (Å²) in [5.74, 6) is 0.0841. The summed E-state index contributed by atoms with van der Waals surface area (Å²) in [6.07, 6.45) is 0.174. The van der Waals surface area contributed by atoms with Gasteiger partial charge < -0.3 is 14.8 Å². The van der Waals surface area contributed by atoms with Crippen molar-refractivity contribution >= 4 is 28.2 Å². The molecule has 0 bridgehead atoms. The van der Waals surface area contributed by atoms with Gasteiger partial charge in [0.1, 0.15) is 16.3 Å². The number of ether oxygens (including phenoxy) is 2. The van der Waals surface area contributed by atoms with E-state index in [1.165, 1.54) is 11.3 Å². The van der Waals surface area contributed by atoms with Crippen LogP contribution in [0, 0.1) is 13.8 Å². The molecule has 0 aliphatic carbocycles. The van der Waals surface area contributed by atoms with Crippen LogP contribution in [0.2, 0.25) is 0 Å². The maximum atomic E-state index is 12.6. The van der Waals surface area contributed by atoms with Gasteiger partial charge in [0.05, 0.1) is 19.6 Å². The molecule has 0 aliphatic rings. The van der Waals surface area contributed by atoms with Crippen molar-refractivity contribution < 1.29 is 19.1 Å². The molecule has 0 unspecified atom stereocenters. The third-order valence-corrected chi connectivity index (χ3v) is 5.30. The Kier molecular flexibility index (Phi) is 7.25. The molecule has 3 aromatic rings. The largest absolute Gasteiger partial charge is 0.493 e. The Labute approximate surface area is 180 Å². The molecule has 0 atom stereocenters. The molecule has 156 valence electrons. The molecule has 0 radical (unpaired) electrons. The van der Waals surface area contributed by atoms with E-state index in [-0.39, 0.29) is 25.5 Å².